The van der Waals surface area contributed by atoms with Gasteiger partial charge < -0.3 is 4.98 Å². The van der Waals surface area contributed by atoms with Crippen LogP contribution in [0.15, 0.2) is 42.5 Å². The molecule has 0 saturated heterocycles. The molecule has 2 aromatic carbocycles. The summed E-state index contributed by atoms with van der Waals surface area (Å²) in [6.45, 7) is 4.26. The highest BCUT2D eigenvalue weighted by atomic mass is 14.9. The van der Waals surface area contributed by atoms with Crippen molar-refractivity contribution in [3.63, 3.8) is 0 Å². The van der Waals surface area contributed by atoms with Gasteiger partial charge in [0.25, 0.3) is 0 Å². The topological polar surface area (TPSA) is 28.7 Å². The third-order valence-corrected chi connectivity index (χ3v) is 3.58. The van der Waals surface area contributed by atoms with Gasteiger partial charge >= 0.3 is 0 Å². The van der Waals surface area contributed by atoms with Crippen molar-refractivity contribution in [2.75, 3.05) is 0 Å². The second-order valence-electron chi connectivity index (χ2n) is 5.13. The summed E-state index contributed by atoms with van der Waals surface area (Å²) >= 11 is 0. The highest BCUT2D eigenvalue weighted by molar-refractivity contribution is 5.75. The molecule has 19 heavy (non-hydrogen) atoms. The molecule has 0 fully saturated rings. The van der Waals surface area contributed by atoms with Crippen molar-refractivity contribution in [3.05, 3.63) is 65.0 Å². The molecule has 0 saturated carbocycles. The molecular weight excluding hydrogens is 232 g/mol. The van der Waals surface area contributed by atoms with Crippen LogP contribution in [-0.4, -0.2) is 9.97 Å². The molecule has 0 spiro atoms. The Hall–Kier alpha value is -2.09. The minimum atomic E-state index is 0.957. The number of hydrogen-bond acceptors (Lipinski definition) is 1. The first-order chi connectivity index (χ1) is 9.22. The first-order valence-corrected chi connectivity index (χ1v) is 6.72. The van der Waals surface area contributed by atoms with Gasteiger partial charge in [-0.2, -0.15) is 0 Å². The molecule has 2 nitrogen and oxygen atoms in total. The number of aromatic nitrogens is 2. The van der Waals surface area contributed by atoms with Crippen LogP contribution in [0, 0.1) is 13.8 Å². The van der Waals surface area contributed by atoms with Crippen molar-refractivity contribution >= 4 is 11.0 Å². The van der Waals surface area contributed by atoms with E-state index in [1.54, 1.807) is 0 Å². The molecule has 0 aliphatic heterocycles. The molecule has 2 heteroatoms. The second kappa shape index (κ2) is 4.88. The van der Waals surface area contributed by atoms with Crippen molar-refractivity contribution in [2.45, 2.75) is 26.7 Å². The van der Waals surface area contributed by atoms with Crippen LogP contribution in [0.1, 0.15) is 22.5 Å². The highest BCUT2D eigenvalue weighted by Crippen LogP contribution is 2.15. The van der Waals surface area contributed by atoms with Gasteiger partial charge in [-0.3, -0.25) is 0 Å². The maximum Gasteiger partial charge on any atom is 0.107 e. The van der Waals surface area contributed by atoms with Crippen LogP contribution in [0.25, 0.3) is 11.0 Å². The summed E-state index contributed by atoms with van der Waals surface area (Å²) in [5.41, 5.74) is 6.21. The number of nitrogens with one attached hydrogen (secondary N) is 1. The highest BCUT2D eigenvalue weighted by Gasteiger charge is 2.04. The van der Waals surface area contributed by atoms with Crippen molar-refractivity contribution in [1.29, 1.82) is 0 Å². The van der Waals surface area contributed by atoms with Gasteiger partial charge in [-0.05, 0) is 49.1 Å². The Morgan fingerprint density at radius 1 is 1.00 bits per heavy atom. The Morgan fingerprint density at radius 2 is 1.84 bits per heavy atom. The van der Waals surface area contributed by atoms with Crippen LogP contribution >= 0.6 is 0 Å². The van der Waals surface area contributed by atoms with E-state index >= 15 is 0 Å². The minimum absolute atomic E-state index is 0.957. The van der Waals surface area contributed by atoms with Crippen molar-refractivity contribution in [1.82, 2.24) is 9.97 Å². The molecule has 0 aliphatic rings. The molecular formula is C17H18N2. The Balaban J connectivity index is 1.80. The van der Waals surface area contributed by atoms with Crippen molar-refractivity contribution in [2.24, 2.45) is 0 Å². The Kier molecular flexibility index (Phi) is 3.08. The lowest BCUT2D eigenvalue weighted by Gasteiger charge is -2.03. The third-order valence-electron chi connectivity index (χ3n) is 3.58. The molecule has 3 aromatic rings. The molecule has 0 bridgehead atoms. The Morgan fingerprint density at radius 3 is 2.68 bits per heavy atom. The van der Waals surface area contributed by atoms with Gasteiger partial charge in [0.05, 0.1) is 11.0 Å². The summed E-state index contributed by atoms with van der Waals surface area (Å²) in [4.78, 5) is 8.06. The molecule has 3 rings (SSSR count). The maximum absolute atomic E-state index is 4.66. The molecule has 1 aromatic heterocycles. The molecule has 1 N–H and O–H groups in total. The average molecular weight is 250 g/mol. The maximum atomic E-state index is 4.66. The monoisotopic (exact) mass is 250 g/mol. The summed E-state index contributed by atoms with van der Waals surface area (Å²) in [6.07, 6.45) is 1.99. The number of hydrogen-bond donors (Lipinski definition) is 1. The largest absolute Gasteiger partial charge is 0.342 e. The fourth-order valence-electron chi connectivity index (χ4n) is 2.43. The van der Waals surface area contributed by atoms with E-state index in [9.17, 15) is 0 Å². The van der Waals surface area contributed by atoms with Crippen LogP contribution in [0.2, 0.25) is 0 Å². The summed E-state index contributed by atoms with van der Waals surface area (Å²) in [5, 5.41) is 0. The number of aromatic amines is 1. The average Bonchev–Trinajstić information content (AvgIpc) is 2.79. The zero-order chi connectivity index (χ0) is 13.2. The predicted octanol–water partition coefficient (Wildman–Crippen LogP) is 3.96. The van der Waals surface area contributed by atoms with Gasteiger partial charge in [0, 0.05) is 6.42 Å². The number of imidazole rings is 1. The van der Waals surface area contributed by atoms with Crippen LogP contribution in [-0.2, 0) is 12.8 Å². The van der Waals surface area contributed by atoms with Crippen LogP contribution in [0.5, 0.6) is 0 Å². The van der Waals surface area contributed by atoms with Gasteiger partial charge in [-0.1, -0.05) is 30.3 Å². The molecule has 1 heterocycles. The lowest BCUT2D eigenvalue weighted by atomic mass is 10.0. The van der Waals surface area contributed by atoms with E-state index in [2.05, 4.69) is 66.3 Å². The third kappa shape index (κ3) is 2.53. The first-order valence-electron chi connectivity index (χ1n) is 6.72. The fraction of sp³-hybridized carbons (Fsp3) is 0.235. The second-order valence-corrected chi connectivity index (χ2v) is 5.13. The van der Waals surface area contributed by atoms with Gasteiger partial charge in [-0.15, -0.1) is 0 Å². The van der Waals surface area contributed by atoms with E-state index in [1.165, 1.54) is 16.7 Å². The van der Waals surface area contributed by atoms with Gasteiger partial charge in [-0.25, -0.2) is 4.98 Å². The number of nitrogens with zero attached hydrogens (tertiary/aromatic N) is 1. The normalized spacial score (nSPS) is 11.1. The summed E-state index contributed by atoms with van der Waals surface area (Å²) in [6, 6.07) is 14.9. The number of fused-ring (bicyclic) bond motifs is 1. The zero-order valence-corrected chi connectivity index (χ0v) is 11.4. The lowest BCUT2D eigenvalue weighted by molar-refractivity contribution is 0.884. The Bertz CT molecular complexity index is 710. The lowest BCUT2D eigenvalue weighted by Crippen LogP contribution is -1.95. The minimum Gasteiger partial charge on any atom is -0.342 e. The van der Waals surface area contributed by atoms with Crippen LogP contribution in [0.3, 0.4) is 0 Å². The first kappa shape index (κ1) is 12.0. The fourth-order valence-corrected chi connectivity index (χ4v) is 2.43. The van der Waals surface area contributed by atoms with E-state index in [4.69, 9.17) is 0 Å². The standard InChI is InChI=1S/C17H18N2/c1-12-7-9-15-16(11-12)19-17(18-15)10-8-14-6-4-3-5-13(14)2/h3-7,9,11H,8,10H2,1-2H3,(H,18,19). The SMILES string of the molecule is Cc1ccc2[nH]c(CCc3ccccc3C)nc2c1. The number of benzene rings is 2. The zero-order valence-electron chi connectivity index (χ0n) is 11.4. The van der Waals surface area contributed by atoms with E-state index < -0.39 is 0 Å². The molecule has 0 aliphatic carbocycles. The van der Waals surface area contributed by atoms with Gasteiger partial charge in [0.1, 0.15) is 5.82 Å². The van der Waals surface area contributed by atoms with Gasteiger partial charge in [0.15, 0.2) is 0 Å². The summed E-state index contributed by atoms with van der Waals surface area (Å²) in [5.74, 6) is 1.07. The molecule has 0 unspecified atom stereocenters. The Labute approximate surface area is 113 Å². The molecule has 0 atom stereocenters. The van der Waals surface area contributed by atoms with Gasteiger partial charge in [0.2, 0.25) is 0 Å². The number of H-pyrrole nitrogens is 1. The number of rotatable bonds is 3. The molecule has 0 amide bonds. The predicted molar refractivity (Wildman–Crippen MR) is 79.4 cm³/mol. The summed E-state index contributed by atoms with van der Waals surface area (Å²) < 4.78 is 0. The van der Waals surface area contributed by atoms with Crippen LogP contribution < -0.4 is 0 Å². The van der Waals surface area contributed by atoms with E-state index in [0.29, 0.717) is 0 Å². The molecule has 96 valence electrons. The van der Waals surface area contributed by atoms with Crippen molar-refractivity contribution < 1.29 is 0 Å². The molecule has 0 radical (unpaired) electrons. The van der Waals surface area contributed by atoms with E-state index in [0.717, 1.165) is 29.7 Å². The van der Waals surface area contributed by atoms with E-state index in [-0.39, 0.29) is 0 Å². The van der Waals surface area contributed by atoms with Crippen LogP contribution in [0.4, 0.5) is 0 Å². The van der Waals surface area contributed by atoms with Crippen molar-refractivity contribution in [3.8, 4) is 0 Å². The number of aryl methyl sites for hydroxylation is 4. The summed E-state index contributed by atoms with van der Waals surface area (Å²) in [7, 11) is 0. The quantitative estimate of drug-likeness (QED) is 0.748. The van der Waals surface area contributed by atoms with E-state index in [1.807, 2.05) is 0 Å². The smallest absolute Gasteiger partial charge is 0.107 e.